The molecule has 0 spiro atoms. The molecule has 2 atom stereocenters. The van der Waals surface area contributed by atoms with Crippen LogP contribution in [0.15, 0.2) is 54.6 Å². The Morgan fingerprint density at radius 2 is 1.73 bits per heavy atom. The van der Waals surface area contributed by atoms with Crippen LogP contribution in [0, 0.1) is 0 Å². The lowest BCUT2D eigenvalue weighted by Crippen LogP contribution is -2.22. The summed E-state index contributed by atoms with van der Waals surface area (Å²) in [6.07, 6.45) is -0.608. The summed E-state index contributed by atoms with van der Waals surface area (Å²) in [5, 5.41) is 0. The van der Waals surface area contributed by atoms with Crippen molar-refractivity contribution in [2.24, 2.45) is 0 Å². The highest BCUT2D eigenvalue weighted by Crippen LogP contribution is 2.52. The molecule has 2 unspecified atom stereocenters. The number of hydrogen-bond acceptors (Lipinski definition) is 4. The van der Waals surface area contributed by atoms with E-state index in [-0.39, 0.29) is 5.97 Å². The molecule has 1 fully saturated rings. The number of ether oxygens (including phenoxy) is 3. The van der Waals surface area contributed by atoms with Gasteiger partial charge in [-0.05, 0) is 30.2 Å². The molecule has 1 heterocycles. The molecule has 0 aromatic heterocycles. The maximum Gasteiger partial charge on any atom is 0.339 e. The summed E-state index contributed by atoms with van der Waals surface area (Å²) in [5.74, 6) is 0.433. The summed E-state index contributed by atoms with van der Waals surface area (Å²) >= 11 is 0. The van der Waals surface area contributed by atoms with Crippen molar-refractivity contribution in [3.8, 4) is 5.75 Å². The molecule has 1 aliphatic rings. The quantitative estimate of drug-likeness (QED) is 0.629. The summed E-state index contributed by atoms with van der Waals surface area (Å²) in [6, 6.07) is 17.3. The number of epoxide rings is 1. The Hall–Kier alpha value is -2.33. The van der Waals surface area contributed by atoms with E-state index in [0.717, 1.165) is 16.9 Å². The van der Waals surface area contributed by atoms with Gasteiger partial charge in [0.1, 0.15) is 5.75 Å². The zero-order chi connectivity index (χ0) is 15.6. The number of methoxy groups -OCH3 is 1. The molecule has 2 aromatic carbocycles. The highest BCUT2D eigenvalue weighted by Gasteiger charge is 2.64. The first-order valence-corrected chi connectivity index (χ1v) is 7.27. The Bertz CT molecular complexity index is 651. The molecule has 1 saturated heterocycles. The topological polar surface area (TPSA) is 48.1 Å². The van der Waals surface area contributed by atoms with E-state index in [0.29, 0.717) is 6.61 Å². The molecule has 22 heavy (non-hydrogen) atoms. The maximum absolute atomic E-state index is 12.1. The third-order valence-corrected chi connectivity index (χ3v) is 3.84. The van der Waals surface area contributed by atoms with Crippen LogP contribution in [0.4, 0.5) is 0 Å². The third-order valence-electron chi connectivity index (χ3n) is 3.84. The first-order chi connectivity index (χ1) is 10.7. The molecular weight excluding hydrogens is 280 g/mol. The van der Waals surface area contributed by atoms with Crippen LogP contribution in [0.2, 0.25) is 0 Å². The largest absolute Gasteiger partial charge is 0.497 e. The summed E-state index contributed by atoms with van der Waals surface area (Å²) in [4.78, 5) is 12.1. The number of rotatable bonds is 5. The predicted molar refractivity (Wildman–Crippen MR) is 81.7 cm³/mol. The molecule has 0 radical (unpaired) electrons. The minimum absolute atomic E-state index is 0.331. The second-order valence-corrected chi connectivity index (χ2v) is 5.08. The molecule has 0 N–H and O–H groups in total. The average molecular weight is 298 g/mol. The van der Waals surface area contributed by atoms with Crippen molar-refractivity contribution in [1.82, 2.24) is 0 Å². The molecule has 0 bridgehead atoms. The Morgan fingerprint density at radius 3 is 2.32 bits per heavy atom. The van der Waals surface area contributed by atoms with Gasteiger partial charge in [0, 0.05) is 0 Å². The lowest BCUT2D eigenvalue weighted by atomic mass is 9.88. The molecule has 4 heteroatoms. The van der Waals surface area contributed by atoms with Gasteiger partial charge in [-0.2, -0.15) is 0 Å². The zero-order valence-corrected chi connectivity index (χ0v) is 12.6. The van der Waals surface area contributed by atoms with Crippen molar-refractivity contribution < 1.29 is 19.0 Å². The van der Waals surface area contributed by atoms with Crippen LogP contribution in [-0.2, 0) is 19.9 Å². The van der Waals surface area contributed by atoms with Crippen LogP contribution in [0.5, 0.6) is 5.75 Å². The van der Waals surface area contributed by atoms with E-state index in [9.17, 15) is 4.79 Å². The molecule has 1 aliphatic heterocycles. The van der Waals surface area contributed by atoms with Crippen molar-refractivity contribution in [2.45, 2.75) is 18.6 Å². The monoisotopic (exact) mass is 298 g/mol. The molecular formula is C18H18O4. The highest BCUT2D eigenvalue weighted by atomic mass is 16.7. The lowest BCUT2D eigenvalue weighted by molar-refractivity contribution is -0.144. The number of carbonyl (C=O) groups is 1. The van der Waals surface area contributed by atoms with Crippen molar-refractivity contribution in [3.63, 3.8) is 0 Å². The van der Waals surface area contributed by atoms with Crippen LogP contribution < -0.4 is 4.74 Å². The van der Waals surface area contributed by atoms with Crippen LogP contribution >= 0.6 is 0 Å². The fourth-order valence-corrected chi connectivity index (χ4v) is 2.71. The summed E-state index contributed by atoms with van der Waals surface area (Å²) < 4.78 is 16.2. The minimum atomic E-state index is -0.764. The zero-order valence-electron chi connectivity index (χ0n) is 12.6. The van der Waals surface area contributed by atoms with E-state index in [2.05, 4.69) is 0 Å². The molecule has 0 saturated carbocycles. The second-order valence-electron chi connectivity index (χ2n) is 5.08. The van der Waals surface area contributed by atoms with Gasteiger partial charge in [-0.3, -0.25) is 0 Å². The van der Waals surface area contributed by atoms with Gasteiger partial charge in [0.05, 0.1) is 13.7 Å². The summed E-state index contributed by atoms with van der Waals surface area (Å²) in [7, 11) is 1.62. The van der Waals surface area contributed by atoms with Gasteiger partial charge in [-0.25, -0.2) is 4.79 Å². The van der Waals surface area contributed by atoms with Gasteiger partial charge < -0.3 is 14.2 Å². The number of benzene rings is 2. The number of esters is 1. The summed E-state index contributed by atoms with van der Waals surface area (Å²) in [5.41, 5.74) is 1.09. The van der Waals surface area contributed by atoms with E-state index >= 15 is 0 Å². The summed E-state index contributed by atoms with van der Waals surface area (Å²) in [6.45, 7) is 2.13. The second kappa shape index (κ2) is 5.81. The van der Waals surface area contributed by atoms with Crippen LogP contribution in [0.3, 0.4) is 0 Å². The standard InChI is InChI=1S/C18H18O4/c1-3-21-17(19)16-18(22-16,13-7-5-4-6-8-13)14-9-11-15(20-2)12-10-14/h4-12,16H,3H2,1-2H3. The first-order valence-electron chi connectivity index (χ1n) is 7.27. The van der Waals surface area contributed by atoms with E-state index in [4.69, 9.17) is 14.2 Å². The third kappa shape index (κ3) is 2.35. The van der Waals surface area contributed by atoms with Gasteiger partial charge in [0.25, 0.3) is 0 Å². The smallest absolute Gasteiger partial charge is 0.339 e. The number of carbonyl (C=O) groups excluding carboxylic acids is 1. The lowest BCUT2D eigenvalue weighted by Gasteiger charge is -2.14. The molecule has 114 valence electrons. The minimum Gasteiger partial charge on any atom is -0.497 e. The Balaban J connectivity index is 2.00. The number of hydrogen-bond donors (Lipinski definition) is 0. The fraction of sp³-hybridized carbons (Fsp3) is 0.278. The Labute approximate surface area is 129 Å². The maximum atomic E-state index is 12.1. The van der Waals surface area contributed by atoms with E-state index in [1.165, 1.54) is 0 Å². The SMILES string of the molecule is CCOC(=O)C1OC1(c1ccccc1)c1ccc(OC)cc1. The van der Waals surface area contributed by atoms with Gasteiger partial charge in [0.2, 0.25) is 0 Å². The van der Waals surface area contributed by atoms with Gasteiger partial charge in [0.15, 0.2) is 11.7 Å². The Morgan fingerprint density at radius 1 is 1.09 bits per heavy atom. The van der Waals surface area contributed by atoms with Crippen molar-refractivity contribution >= 4 is 5.97 Å². The Kier molecular flexibility index (Phi) is 3.86. The fourth-order valence-electron chi connectivity index (χ4n) is 2.71. The predicted octanol–water partition coefficient (Wildman–Crippen LogP) is 2.90. The molecule has 0 aliphatic carbocycles. The van der Waals surface area contributed by atoms with Gasteiger partial charge in [-0.15, -0.1) is 0 Å². The highest BCUT2D eigenvalue weighted by molar-refractivity contribution is 5.81. The van der Waals surface area contributed by atoms with Crippen LogP contribution in [0.25, 0.3) is 0 Å². The first kappa shape index (κ1) is 14.6. The molecule has 4 nitrogen and oxygen atoms in total. The van der Waals surface area contributed by atoms with Gasteiger partial charge in [-0.1, -0.05) is 42.5 Å². The van der Waals surface area contributed by atoms with Crippen molar-refractivity contribution in [1.29, 1.82) is 0 Å². The van der Waals surface area contributed by atoms with E-state index in [1.807, 2.05) is 54.6 Å². The normalized spacial score (nSPS) is 22.9. The molecule has 2 aromatic rings. The van der Waals surface area contributed by atoms with Gasteiger partial charge >= 0.3 is 5.97 Å². The van der Waals surface area contributed by atoms with Crippen LogP contribution in [-0.4, -0.2) is 25.8 Å². The van der Waals surface area contributed by atoms with Crippen molar-refractivity contribution in [2.75, 3.05) is 13.7 Å². The molecule has 0 amide bonds. The van der Waals surface area contributed by atoms with Crippen LogP contribution in [0.1, 0.15) is 18.1 Å². The van der Waals surface area contributed by atoms with E-state index < -0.39 is 11.7 Å². The van der Waals surface area contributed by atoms with Crippen molar-refractivity contribution in [3.05, 3.63) is 65.7 Å². The molecule has 3 rings (SSSR count). The average Bonchev–Trinajstić information content (AvgIpc) is 3.33. The van der Waals surface area contributed by atoms with E-state index in [1.54, 1.807) is 14.0 Å².